The highest BCUT2D eigenvalue weighted by Crippen LogP contribution is 1.94. The number of unbranched alkanes of at least 4 members (excludes halogenated alkanes) is 1. The number of rotatable bonds is 9. The van der Waals surface area contributed by atoms with Gasteiger partial charge in [0.1, 0.15) is 0 Å². The molecular weight excluding hydrogens is 246 g/mol. The minimum Gasteiger partial charge on any atom is -0.395 e. The van der Waals surface area contributed by atoms with E-state index in [0.29, 0.717) is 19.0 Å². The first-order valence-corrected chi connectivity index (χ1v) is 6.90. The van der Waals surface area contributed by atoms with Crippen LogP contribution in [0.2, 0.25) is 0 Å². The van der Waals surface area contributed by atoms with E-state index in [0.717, 1.165) is 19.4 Å². The molecule has 0 aliphatic rings. The van der Waals surface area contributed by atoms with E-state index in [1.54, 1.807) is 0 Å². The van der Waals surface area contributed by atoms with E-state index in [9.17, 15) is 9.59 Å². The molecular formula is C13H27N3O3. The molecule has 0 aromatic carbocycles. The fourth-order valence-corrected chi connectivity index (χ4v) is 1.50. The smallest absolute Gasteiger partial charge is 0.321 e. The lowest BCUT2D eigenvalue weighted by Crippen LogP contribution is -2.46. The van der Waals surface area contributed by atoms with Crippen LogP contribution in [-0.2, 0) is 4.79 Å². The highest BCUT2D eigenvalue weighted by Gasteiger charge is 2.12. The molecule has 0 saturated heterocycles. The highest BCUT2D eigenvalue weighted by atomic mass is 16.3. The lowest BCUT2D eigenvalue weighted by molar-refractivity contribution is -0.121. The predicted molar refractivity (Wildman–Crippen MR) is 74.8 cm³/mol. The van der Waals surface area contributed by atoms with E-state index in [-0.39, 0.29) is 19.1 Å². The van der Waals surface area contributed by atoms with E-state index in [1.165, 1.54) is 0 Å². The van der Waals surface area contributed by atoms with Crippen molar-refractivity contribution in [3.8, 4) is 0 Å². The second-order valence-corrected chi connectivity index (χ2v) is 5.01. The highest BCUT2D eigenvalue weighted by molar-refractivity contribution is 5.95. The monoisotopic (exact) mass is 273 g/mol. The zero-order valence-corrected chi connectivity index (χ0v) is 12.2. The number of nitrogens with one attached hydrogen (secondary N) is 2. The van der Waals surface area contributed by atoms with Gasteiger partial charge in [0.25, 0.3) is 0 Å². The van der Waals surface area contributed by atoms with Crippen molar-refractivity contribution < 1.29 is 14.7 Å². The van der Waals surface area contributed by atoms with Gasteiger partial charge in [-0.1, -0.05) is 27.2 Å². The molecule has 0 aliphatic carbocycles. The van der Waals surface area contributed by atoms with Gasteiger partial charge in [0.2, 0.25) is 5.91 Å². The second-order valence-electron chi connectivity index (χ2n) is 5.01. The van der Waals surface area contributed by atoms with Gasteiger partial charge in [-0.05, 0) is 18.9 Å². The van der Waals surface area contributed by atoms with Crippen molar-refractivity contribution in [3.05, 3.63) is 0 Å². The van der Waals surface area contributed by atoms with Crippen LogP contribution in [0.15, 0.2) is 0 Å². The Morgan fingerprint density at radius 1 is 1.26 bits per heavy atom. The molecule has 0 unspecified atom stereocenters. The van der Waals surface area contributed by atoms with Gasteiger partial charge < -0.3 is 10.4 Å². The summed E-state index contributed by atoms with van der Waals surface area (Å²) in [7, 11) is 0. The number of carbonyl (C=O) groups excluding carboxylic acids is 2. The maximum absolute atomic E-state index is 11.7. The van der Waals surface area contributed by atoms with Crippen LogP contribution >= 0.6 is 0 Å². The van der Waals surface area contributed by atoms with Crippen LogP contribution in [0.3, 0.4) is 0 Å². The number of imide groups is 1. The van der Waals surface area contributed by atoms with Crippen LogP contribution in [0.4, 0.5) is 4.79 Å². The van der Waals surface area contributed by atoms with Crippen molar-refractivity contribution in [2.75, 3.05) is 32.8 Å². The maximum atomic E-state index is 11.7. The molecule has 3 N–H and O–H groups in total. The summed E-state index contributed by atoms with van der Waals surface area (Å²) in [6.07, 6.45) is 1.99. The third-order valence-electron chi connectivity index (χ3n) is 2.54. The van der Waals surface area contributed by atoms with Crippen LogP contribution in [0.5, 0.6) is 0 Å². The molecule has 0 atom stereocenters. The molecule has 0 spiro atoms. The zero-order valence-electron chi connectivity index (χ0n) is 12.2. The number of aliphatic hydroxyl groups excluding tert-OH is 1. The van der Waals surface area contributed by atoms with E-state index >= 15 is 0 Å². The largest absolute Gasteiger partial charge is 0.395 e. The fraction of sp³-hybridized carbons (Fsp3) is 0.846. The van der Waals surface area contributed by atoms with Gasteiger partial charge in [-0.15, -0.1) is 0 Å². The molecule has 0 bridgehead atoms. The molecule has 19 heavy (non-hydrogen) atoms. The lowest BCUT2D eigenvalue weighted by Gasteiger charge is -2.20. The summed E-state index contributed by atoms with van der Waals surface area (Å²) < 4.78 is 0. The quantitative estimate of drug-likeness (QED) is 0.573. The average molecular weight is 273 g/mol. The summed E-state index contributed by atoms with van der Waals surface area (Å²) in [4.78, 5) is 24.9. The minimum absolute atomic E-state index is 0.0105. The standard InChI is InChI=1S/C13H27N3O3/c1-4-5-6-16(7-8-17)10-12(18)15-13(19)14-9-11(2)3/h11,17H,4-10H2,1-3H3,(H2,14,15,18,19). The van der Waals surface area contributed by atoms with Gasteiger partial charge in [-0.25, -0.2) is 4.79 Å². The van der Waals surface area contributed by atoms with Crippen molar-refractivity contribution >= 4 is 11.9 Å². The van der Waals surface area contributed by atoms with Crippen LogP contribution in [0.25, 0.3) is 0 Å². The number of urea groups is 1. The van der Waals surface area contributed by atoms with Gasteiger partial charge in [0.15, 0.2) is 0 Å². The maximum Gasteiger partial charge on any atom is 0.321 e. The summed E-state index contributed by atoms with van der Waals surface area (Å²) in [5.74, 6) is 0.00195. The van der Waals surface area contributed by atoms with Gasteiger partial charge in [-0.2, -0.15) is 0 Å². The topological polar surface area (TPSA) is 81.7 Å². The number of carbonyl (C=O) groups is 2. The van der Waals surface area contributed by atoms with E-state index < -0.39 is 6.03 Å². The summed E-state index contributed by atoms with van der Waals surface area (Å²) in [6.45, 7) is 7.91. The first kappa shape index (κ1) is 17.9. The van der Waals surface area contributed by atoms with Crippen LogP contribution < -0.4 is 10.6 Å². The van der Waals surface area contributed by atoms with E-state index in [2.05, 4.69) is 17.6 Å². The summed E-state index contributed by atoms with van der Waals surface area (Å²) in [5.41, 5.74) is 0. The molecule has 6 nitrogen and oxygen atoms in total. The third-order valence-corrected chi connectivity index (χ3v) is 2.54. The minimum atomic E-state index is -0.460. The number of amides is 3. The third kappa shape index (κ3) is 10.5. The van der Waals surface area contributed by atoms with Crippen LogP contribution in [0.1, 0.15) is 33.6 Å². The number of aliphatic hydroxyl groups is 1. The molecule has 3 amide bonds. The number of nitrogens with zero attached hydrogens (tertiary/aromatic N) is 1. The van der Waals surface area contributed by atoms with Crippen LogP contribution in [-0.4, -0.2) is 54.7 Å². The van der Waals surface area contributed by atoms with E-state index in [4.69, 9.17) is 5.11 Å². The van der Waals surface area contributed by atoms with Gasteiger partial charge in [0.05, 0.1) is 13.2 Å². The van der Waals surface area contributed by atoms with Crippen molar-refractivity contribution in [2.24, 2.45) is 5.92 Å². The molecule has 0 fully saturated rings. The molecule has 0 rings (SSSR count). The number of hydrogen-bond donors (Lipinski definition) is 3. The average Bonchev–Trinajstić information content (AvgIpc) is 2.33. The predicted octanol–water partition coefficient (Wildman–Crippen LogP) is 0.563. The fourth-order valence-electron chi connectivity index (χ4n) is 1.50. The first-order chi connectivity index (χ1) is 8.99. The molecule has 6 heteroatoms. The molecule has 0 heterocycles. The van der Waals surface area contributed by atoms with Gasteiger partial charge in [0, 0.05) is 13.1 Å². The SMILES string of the molecule is CCCCN(CCO)CC(=O)NC(=O)NCC(C)C. The van der Waals surface area contributed by atoms with Crippen molar-refractivity contribution in [3.63, 3.8) is 0 Å². The molecule has 0 aliphatic heterocycles. The zero-order chi connectivity index (χ0) is 14.7. The Morgan fingerprint density at radius 2 is 1.95 bits per heavy atom. The second kappa shape index (κ2) is 10.8. The van der Waals surface area contributed by atoms with Gasteiger partial charge >= 0.3 is 6.03 Å². The van der Waals surface area contributed by atoms with E-state index in [1.807, 2.05) is 18.7 Å². The molecule has 112 valence electrons. The van der Waals surface area contributed by atoms with Crippen molar-refractivity contribution in [2.45, 2.75) is 33.6 Å². The lowest BCUT2D eigenvalue weighted by atomic mass is 10.2. The van der Waals surface area contributed by atoms with Gasteiger partial charge in [-0.3, -0.25) is 15.0 Å². The molecule has 0 radical (unpaired) electrons. The molecule has 0 aromatic heterocycles. The molecule has 0 aromatic rings. The first-order valence-electron chi connectivity index (χ1n) is 6.90. The summed E-state index contributed by atoms with van der Waals surface area (Å²) >= 11 is 0. The number of hydrogen-bond acceptors (Lipinski definition) is 4. The Labute approximate surface area is 115 Å². The Hall–Kier alpha value is -1.14. The summed E-state index contributed by atoms with van der Waals surface area (Å²) in [6, 6.07) is -0.460. The molecule has 0 saturated carbocycles. The Morgan fingerprint density at radius 3 is 2.47 bits per heavy atom. The normalized spacial score (nSPS) is 10.8. The Kier molecular flexibility index (Phi) is 10.1. The summed E-state index contributed by atoms with van der Waals surface area (Å²) in [5, 5.41) is 13.8. The Bertz CT molecular complexity index is 270. The van der Waals surface area contributed by atoms with Crippen molar-refractivity contribution in [1.82, 2.24) is 15.5 Å². The van der Waals surface area contributed by atoms with Crippen LogP contribution in [0, 0.1) is 5.92 Å². The van der Waals surface area contributed by atoms with Crippen molar-refractivity contribution in [1.29, 1.82) is 0 Å². The Balaban J connectivity index is 3.99.